The van der Waals surface area contributed by atoms with E-state index in [4.69, 9.17) is 5.73 Å². The Balaban J connectivity index is 3.21. The molecule has 0 aliphatic carbocycles. The van der Waals surface area contributed by atoms with E-state index >= 15 is 0 Å². The standard InChI is InChI=1S/C5H13N2PS/c1-7-4-9-3-5(8)2-6/h3,7H,2,4,6,8H2,1H3. The van der Waals surface area contributed by atoms with Gasteiger partial charge in [0.1, 0.15) is 0 Å². The fraction of sp³-hybridized carbons (Fsp3) is 0.600. The summed E-state index contributed by atoms with van der Waals surface area (Å²) in [7, 11) is 4.51. The number of nitrogens with two attached hydrogens (primary N) is 1. The molecule has 0 bridgehead atoms. The van der Waals surface area contributed by atoms with Crippen LogP contribution in [0, 0.1) is 0 Å². The average Bonchev–Trinajstić information content (AvgIpc) is 1.89. The van der Waals surface area contributed by atoms with Gasteiger partial charge >= 0.3 is 0 Å². The molecule has 9 heavy (non-hydrogen) atoms. The van der Waals surface area contributed by atoms with Gasteiger partial charge in [-0.1, -0.05) is 0 Å². The van der Waals surface area contributed by atoms with E-state index in [1.807, 2.05) is 12.5 Å². The van der Waals surface area contributed by atoms with Crippen LogP contribution in [0.1, 0.15) is 0 Å². The van der Waals surface area contributed by atoms with E-state index in [0.29, 0.717) is 6.54 Å². The molecule has 0 aromatic heterocycles. The van der Waals surface area contributed by atoms with Crippen molar-refractivity contribution < 1.29 is 0 Å². The van der Waals surface area contributed by atoms with Gasteiger partial charge < -0.3 is 11.1 Å². The van der Waals surface area contributed by atoms with Gasteiger partial charge in [0, 0.05) is 12.4 Å². The van der Waals surface area contributed by atoms with Gasteiger partial charge in [0.15, 0.2) is 0 Å². The van der Waals surface area contributed by atoms with Crippen LogP contribution < -0.4 is 11.1 Å². The molecule has 0 aromatic rings. The van der Waals surface area contributed by atoms with Gasteiger partial charge in [-0.3, -0.25) is 0 Å². The van der Waals surface area contributed by atoms with Crippen LogP contribution in [0.25, 0.3) is 0 Å². The summed E-state index contributed by atoms with van der Waals surface area (Å²) in [4.78, 5) is 0. The van der Waals surface area contributed by atoms with Crippen LogP contribution in [0.15, 0.2) is 10.7 Å². The molecule has 4 heteroatoms. The molecular formula is C5H13N2PS. The second-order valence-corrected chi connectivity index (χ2v) is 3.16. The third-order valence-corrected chi connectivity index (χ3v) is 2.27. The molecular weight excluding hydrogens is 151 g/mol. The Labute approximate surface area is 62.9 Å². The number of hydrogen-bond acceptors (Lipinski definition) is 3. The predicted octanol–water partition coefficient (Wildman–Crippen LogP) is 0.572. The van der Waals surface area contributed by atoms with Crippen LogP contribution in [0.4, 0.5) is 0 Å². The van der Waals surface area contributed by atoms with Gasteiger partial charge in [-0.2, -0.15) is 0 Å². The molecule has 3 N–H and O–H groups in total. The van der Waals surface area contributed by atoms with Gasteiger partial charge in [-0.25, -0.2) is 0 Å². The zero-order valence-electron chi connectivity index (χ0n) is 5.55. The molecule has 1 unspecified atom stereocenters. The zero-order chi connectivity index (χ0) is 7.11. The van der Waals surface area contributed by atoms with E-state index in [0.717, 1.165) is 11.2 Å². The zero-order valence-corrected chi connectivity index (χ0v) is 7.53. The summed E-state index contributed by atoms with van der Waals surface area (Å²) in [5.41, 5.74) is 5.33. The fourth-order valence-electron chi connectivity index (χ4n) is 0.280. The molecule has 0 saturated carbocycles. The van der Waals surface area contributed by atoms with E-state index < -0.39 is 0 Å². The molecule has 0 heterocycles. The van der Waals surface area contributed by atoms with Crippen molar-refractivity contribution in [1.29, 1.82) is 0 Å². The van der Waals surface area contributed by atoms with Crippen LogP contribution in [0.5, 0.6) is 0 Å². The second kappa shape index (κ2) is 6.56. The van der Waals surface area contributed by atoms with E-state index in [1.165, 1.54) is 0 Å². The molecule has 2 nitrogen and oxygen atoms in total. The molecule has 0 fully saturated rings. The normalized spacial score (nSPS) is 12.1. The van der Waals surface area contributed by atoms with Gasteiger partial charge in [-0.15, -0.1) is 21.0 Å². The lowest BCUT2D eigenvalue weighted by molar-refractivity contribution is 0.985. The first-order valence-corrected chi connectivity index (χ1v) is 4.34. The minimum Gasteiger partial charge on any atom is -0.326 e. The largest absolute Gasteiger partial charge is 0.326 e. The summed E-state index contributed by atoms with van der Waals surface area (Å²) in [5, 5.41) is 6.21. The quantitative estimate of drug-likeness (QED) is 0.362. The number of thioether (sulfide) groups is 1. The minimum absolute atomic E-state index is 0.626. The maximum atomic E-state index is 5.33. The van der Waals surface area contributed by atoms with Crippen molar-refractivity contribution in [3.63, 3.8) is 0 Å². The molecule has 0 aromatic carbocycles. The summed E-state index contributed by atoms with van der Waals surface area (Å²) in [6.07, 6.45) is 0. The van der Waals surface area contributed by atoms with Gasteiger partial charge in [0.25, 0.3) is 0 Å². The Kier molecular flexibility index (Phi) is 6.88. The maximum Gasteiger partial charge on any atom is 0.0457 e. The Hall–Kier alpha value is 0.440. The summed E-state index contributed by atoms with van der Waals surface area (Å²) < 4.78 is 0. The highest BCUT2D eigenvalue weighted by Gasteiger charge is 1.82. The Morgan fingerprint density at radius 1 is 1.89 bits per heavy atom. The molecule has 0 aliphatic rings. The SMILES string of the molecule is CNCSC=C(P)CN. The number of rotatable bonds is 4. The van der Waals surface area contributed by atoms with E-state index in [2.05, 4.69) is 14.6 Å². The van der Waals surface area contributed by atoms with Crippen LogP contribution in [0.3, 0.4) is 0 Å². The molecule has 0 saturated heterocycles. The molecule has 0 rings (SSSR count). The topological polar surface area (TPSA) is 38.0 Å². The first-order chi connectivity index (χ1) is 4.31. The van der Waals surface area contributed by atoms with Crippen LogP contribution in [-0.2, 0) is 0 Å². The van der Waals surface area contributed by atoms with E-state index in [-0.39, 0.29) is 0 Å². The minimum atomic E-state index is 0.626. The van der Waals surface area contributed by atoms with Crippen molar-refractivity contribution in [1.82, 2.24) is 5.32 Å². The van der Waals surface area contributed by atoms with Crippen LogP contribution >= 0.6 is 21.0 Å². The van der Waals surface area contributed by atoms with Gasteiger partial charge in [-0.05, 0) is 17.8 Å². The molecule has 54 valence electrons. The second-order valence-electron chi connectivity index (χ2n) is 1.56. The van der Waals surface area contributed by atoms with Crippen molar-refractivity contribution >= 4 is 21.0 Å². The predicted molar refractivity (Wildman–Crippen MR) is 48.4 cm³/mol. The van der Waals surface area contributed by atoms with Crippen molar-refractivity contribution in [3.8, 4) is 0 Å². The summed E-state index contributed by atoms with van der Waals surface area (Å²) in [5.74, 6) is 0.942. The Morgan fingerprint density at radius 3 is 3.00 bits per heavy atom. The lowest BCUT2D eigenvalue weighted by Gasteiger charge is -1.94. The molecule has 0 aliphatic heterocycles. The van der Waals surface area contributed by atoms with Gasteiger partial charge in [0.2, 0.25) is 0 Å². The number of nitrogens with one attached hydrogen (secondary N) is 1. The van der Waals surface area contributed by atoms with Crippen LogP contribution in [0.2, 0.25) is 0 Å². The summed E-state index contributed by atoms with van der Waals surface area (Å²) in [6.45, 7) is 0.626. The Bertz CT molecular complexity index is 95.0. The van der Waals surface area contributed by atoms with Crippen molar-refractivity contribution in [2.75, 3.05) is 19.5 Å². The highest BCUT2D eigenvalue weighted by atomic mass is 32.2. The highest BCUT2D eigenvalue weighted by Crippen LogP contribution is 2.09. The fourth-order valence-corrected chi connectivity index (χ4v) is 1.13. The Morgan fingerprint density at radius 2 is 2.56 bits per heavy atom. The van der Waals surface area contributed by atoms with Crippen LogP contribution in [-0.4, -0.2) is 19.5 Å². The highest BCUT2D eigenvalue weighted by molar-refractivity contribution is 8.02. The lowest BCUT2D eigenvalue weighted by Crippen LogP contribution is -2.02. The van der Waals surface area contributed by atoms with Crippen molar-refractivity contribution in [3.05, 3.63) is 10.7 Å². The van der Waals surface area contributed by atoms with Gasteiger partial charge in [0.05, 0.1) is 0 Å². The summed E-state index contributed by atoms with van der Waals surface area (Å²) in [6, 6.07) is 0. The van der Waals surface area contributed by atoms with Crippen molar-refractivity contribution in [2.45, 2.75) is 0 Å². The third kappa shape index (κ3) is 6.32. The molecule has 0 amide bonds. The monoisotopic (exact) mass is 164 g/mol. The summed E-state index contributed by atoms with van der Waals surface area (Å²) >= 11 is 1.71. The third-order valence-electron chi connectivity index (χ3n) is 0.698. The lowest BCUT2D eigenvalue weighted by atomic mass is 10.6. The molecule has 0 spiro atoms. The average molecular weight is 164 g/mol. The number of hydrogen-bond donors (Lipinski definition) is 2. The van der Waals surface area contributed by atoms with E-state index in [1.54, 1.807) is 11.8 Å². The first-order valence-electron chi connectivity index (χ1n) is 2.72. The molecule has 1 atom stereocenters. The smallest absolute Gasteiger partial charge is 0.0457 e. The van der Waals surface area contributed by atoms with Crippen molar-refractivity contribution in [2.24, 2.45) is 5.73 Å². The first kappa shape index (κ1) is 9.44. The van der Waals surface area contributed by atoms with E-state index in [9.17, 15) is 0 Å². The molecule has 0 radical (unpaired) electrons. The maximum absolute atomic E-state index is 5.33.